The summed E-state index contributed by atoms with van der Waals surface area (Å²) in [5.74, 6) is 1.73. The predicted molar refractivity (Wildman–Crippen MR) is 73.8 cm³/mol. The van der Waals surface area contributed by atoms with Crippen LogP contribution in [0.25, 0.3) is 0 Å². The molecule has 1 aromatic carbocycles. The van der Waals surface area contributed by atoms with Crippen LogP contribution in [0.3, 0.4) is 0 Å². The molecule has 0 amide bonds. The van der Waals surface area contributed by atoms with Crippen LogP contribution in [0.1, 0.15) is 31.3 Å². The van der Waals surface area contributed by atoms with Crippen LogP contribution in [0.4, 0.5) is 0 Å². The van der Waals surface area contributed by atoms with E-state index in [1.54, 1.807) is 11.0 Å². The van der Waals surface area contributed by atoms with Gasteiger partial charge in [-0.2, -0.15) is 5.10 Å². The zero-order chi connectivity index (χ0) is 13.8. The topological polar surface area (TPSA) is 66.0 Å². The molecule has 2 N–H and O–H groups in total. The van der Waals surface area contributed by atoms with E-state index in [-0.39, 0.29) is 12.1 Å². The van der Waals surface area contributed by atoms with E-state index >= 15 is 0 Å². The van der Waals surface area contributed by atoms with Gasteiger partial charge in [0.05, 0.1) is 6.10 Å². The molecule has 102 valence electrons. The van der Waals surface area contributed by atoms with Crippen LogP contribution in [0, 0.1) is 0 Å². The van der Waals surface area contributed by atoms with Crippen LogP contribution >= 0.6 is 0 Å². The van der Waals surface area contributed by atoms with Gasteiger partial charge in [0.2, 0.25) is 0 Å². The molecular weight excluding hydrogens is 240 g/mol. The van der Waals surface area contributed by atoms with Gasteiger partial charge in [0.25, 0.3) is 0 Å². The second-order valence-electron chi connectivity index (χ2n) is 4.85. The van der Waals surface area contributed by atoms with Crippen molar-refractivity contribution in [3.8, 4) is 5.75 Å². The Hall–Kier alpha value is -1.88. The maximum atomic E-state index is 6.22. The van der Waals surface area contributed by atoms with Crippen LogP contribution in [0.15, 0.2) is 30.6 Å². The van der Waals surface area contributed by atoms with E-state index in [1.165, 1.54) is 0 Å². The molecule has 1 unspecified atom stereocenters. The molecule has 0 aliphatic rings. The Bertz CT molecular complexity index is 536. The molecule has 1 heterocycles. The van der Waals surface area contributed by atoms with Gasteiger partial charge in [0, 0.05) is 19.5 Å². The van der Waals surface area contributed by atoms with Crippen molar-refractivity contribution < 1.29 is 4.74 Å². The molecule has 0 saturated carbocycles. The van der Waals surface area contributed by atoms with Crippen LogP contribution in [0.5, 0.6) is 5.75 Å². The van der Waals surface area contributed by atoms with E-state index in [2.05, 4.69) is 10.1 Å². The highest BCUT2D eigenvalue weighted by molar-refractivity contribution is 5.31. The second-order valence-corrected chi connectivity index (χ2v) is 4.85. The maximum Gasteiger partial charge on any atom is 0.138 e. The largest absolute Gasteiger partial charge is 0.491 e. The van der Waals surface area contributed by atoms with Gasteiger partial charge in [-0.3, -0.25) is 4.68 Å². The molecule has 0 fully saturated rings. The first-order valence-corrected chi connectivity index (χ1v) is 6.41. The summed E-state index contributed by atoms with van der Waals surface area (Å²) in [5, 5.41) is 4.05. The summed E-state index contributed by atoms with van der Waals surface area (Å²) in [6.07, 6.45) is 2.35. The molecule has 1 atom stereocenters. The number of nitrogens with zero attached hydrogens (tertiary/aromatic N) is 3. The highest BCUT2D eigenvalue weighted by Crippen LogP contribution is 2.21. The number of hydrogen-bond donors (Lipinski definition) is 1. The molecule has 0 aliphatic carbocycles. The van der Waals surface area contributed by atoms with Crippen molar-refractivity contribution >= 4 is 0 Å². The molecule has 2 aromatic rings. The van der Waals surface area contributed by atoms with Gasteiger partial charge >= 0.3 is 0 Å². The van der Waals surface area contributed by atoms with Crippen molar-refractivity contribution in [2.24, 2.45) is 12.8 Å². The average Bonchev–Trinajstić information content (AvgIpc) is 2.74. The minimum absolute atomic E-state index is 0.112. The highest BCUT2D eigenvalue weighted by Gasteiger charge is 2.11. The quantitative estimate of drug-likeness (QED) is 0.891. The second kappa shape index (κ2) is 5.84. The summed E-state index contributed by atoms with van der Waals surface area (Å²) in [6, 6.07) is 7.79. The monoisotopic (exact) mass is 260 g/mol. The van der Waals surface area contributed by atoms with E-state index in [0.717, 1.165) is 17.1 Å². The van der Waals surface area contributed by atoms with Gasteiger partial charge in [-0.25, -0.2) is 4.98 Å². The van der Waals surface area contributed by atoms with Crippen LogP contribution < -0.4 is 10.5 Å². The Balaban J connectivity index is 2.10. The lowest BCUT2D eigenvalue weighted by Gasteiger charge is -2.14. The van der Waals surface area contributed by atoms with Crippen molar-refractivity contribution in [3.63, 3.8) is 0 Å². The van der Waals surface area contributed by atoms with Crippen LogP contribution in [-0.2, 0) is 13.5 Å². The lowest BCUT2D eigenvalue weighted by Crippen LogP contribution is -2.16. The van der Waals surface area contributed by atoms with Crippen molar-refractivity contribution in [1.82, 2.24) is 14.8 Å². The Morgan fingerprint density at radius 1 is 1.37 bits per heavy atom. The Morgan fingerprint density at radius 2 is 2.16 bits per heavy atom. The van der Waals surface area contributed by atoms with E-state index in [0.29, 0.717) is 6.42 Å². The minimum atomic E-state index is -0.112. The van der Waals surface area contributed by atoms with Crippen molar-refractivity contribution in [2.75, 3.05) is 0 Å². The fourth-order valence-electron chi connectivity index (χ4n) is 1.91. The lowest BCUT2D eigenvalue weighted by atomic mass is 10.0. The van der Waals surface area contributed by atoms with Crippen LogP contribution in [0.2, 0.25) is 0 Å². The maximum absolute atomic E-state index is 6.22. The van der Waals surface area contributed by atoms with Gasteiger partial charge in [-0.15, -0.1) is 0 Å². The first kappa shape index (κ1) is 13.5. The molecule has 0 spiro atoms. The molecule has 2 rings (SSSR count). The predicted octanol–water partition coefficient (Wildman–Crippen LogP) is 1.84. The number of nitrogens with two attached hydrogens (primary N) is 1. The lowest BCUT2D eigenvalue weighted by molar-refractivity contribution is 0.242. The van der Waals surface area contributed by atoms with Crippen molar-refractivity contribution in [1.29, 1.82) is 0 Å². The average molecular weight is 260 g/mol. The van der Waals surface area contributed by atoms with E-state index in [1.807, 2.05) is 45.2 Å². The fourth-order valence-corrected chi connectivity index (χ4v) is 1.91. The Morgan fingerprint density at radius 3 is 2.79 bits per heavy atom. The van der Waals surface area contributed by atoms with E-state index in [9.17, 15) is 0 Å². The van der Waals surface area contributed by atoms with Gasteiger partial charge in [-0.1, -0.05) is 12.1 Å². The molecular formula is C14H20N4O. The standard InChI is InChI=1S/C14H20N4O/c1-10(2)19-12-6-4-5-11(7-12)13(15)8-14-16-9-17-18(14)3/h4-7,9-10,13H,8,15H2,1-3H3. The molecule has 0 saturated heterocycles. The summed E-state index contributed by atoms with van der Waals surface area (Å²) in [7, 11) is 1.87. The molecule has 0 bridgehead atoms. The molecule has 19 heavy (non-hydrogen) atoms. The van der Waals surface area contributed by atoms with Crippen molar-refractivity contribution in [3.05, 3.63) is 42.0 Å². The summed E-state index contributed by atoms with van der Waals surface area (Å²) in [6.45, 7) is 4.01. The molecule has 5 heteroatoms. The third kappa shape index (κ3) is 3.54. The van der Waals surface area contributed by atoms with Gasteiger partial charge in [0.1, 0.15) is 17.9 Å². The third-order valence-corrected chi connectivity index (χ3v) is 2.87. The number of aryl methyl sites for hydroxylation is 1. The van der Waals surface area contributed by atoms with E-state index < -0.39 is 0 Å². The molecule has 5 nitrogen and oxygen atoms in total. The summed E-state index contributed by atoms with van der Waals surface area (Å²) < 4.78 is 7.42. The number of ether oxygens (including phenoxy) is 1. The number of rotatable bonds is 5. The summed E-state index contributed by atoms with van der Waals surface area (Å²) in [4.78, 5) is 4.19. The molecule has 1 aromatic heterocycles. The number of aromatic nitrogens is 3. The first-order chi connectivity index (χ1) is 9.06. The molecule has 0 radical (unpaired) electrons. The first-order valence-electron chi connectivity index (χ1n) is 6.41. The zero-order valence-corrected chi connectivity index (χ0v) is 11.6. The van der Waals surface area contributed by atoms with Crippen molar-refractivity contribution in [2.45, 2.75) is 32.4 Å². The molecule has 0 aliphatic heterocycles. The highest BCUT2D eigenvalue weighted by atomic mass is 16.5. The van der Waals surface area contributed by atoms with E-state index in [4.69, 9.17) is 10.5 Å². The van der Waals surface area contributed by atoms with Gasteiger partial charge < -0.3 is 10.5 Å². The fraction of sp³-hybridized carbons (Fsp3) is 0.429. The number of hydrogen-bond acceptors (Lipinski definition) is 4. The minimum Gasteiger partial charge on any atom is -0.491 e. The third-order valence-electron chi connectivity index (χ3n) is 2.87. The zero-order valence-electron chi connectivity index (χ0n) is 11.6. The van der Waals surface area contributed by atoms with Gasteiger partial charge in [-0.05, 0) is 31.5 Å². The summed E-state index contributed by atoms with van der Waals surface area (Å²) in [5.41, 5.74) is 7.26. The van der Waals surface area contributed by atoms with Crippen LogP contribution in [-0.4, -0.2) is 20.9 Å². The SMILES string of the molecule is CC(C)Oc1cccc(C(N)Cc2ncnn2C)c1. The summed E-state index contributed by atoms with van der Waals surface area (Å²) >= 11 is 0. The Labute approximate surface area is 113 Å². The normalized spacial score (nSPS) is 12.7. The smallest absolute Gasteiger partial charge is 0.138 e. The number of benzene rings is 1. The van der Waals surface area contributed by atoms with Gasteiger partial charge in [0.15, 0.2) is 0 Å². The Kier molecular flexibility index (Phi) is 4.16.